The number of ether oxygens (including phenoxy) is 1. The number of rotatable bonds is 4. The highest BCUT2D eigenvalue weighted by molar-refractivity contribution is 5.89. The zero-order valence-corrected chi connectivity index (χ0v) is 12.3. The summed E-state index contributed by atoms with van der Waals surface area (Å²) in [6, 6.07) is 13.5. The number of hydrogen-bond acceptors (Lipinski definition) is 5. The number of carbonyl (C=O) groups excluding carboxylic acids is 1. The molecule has 112 valence electrons. The predicted molar refractivity (Wildman–Crippen MR) is 79.0 cm³/mol. The van der Waals surface area contributed by atoms with E-state index in [1.54, 1.807) is 17.6 Å². The molecule has 0 aliphatic carbocycles. The average Bonchev–Trinajstić information content (AvgIpc) is 3.12. The smallest absolute Gasteiger partial charge is 0.355 e. The van der Waals surface area contributed by atoms with Crippen LogP contribution in [-0.2, 0) is 18.4 Å². The van der Waals surface area contributed by atoms with E-state index in [1.807, 2.05) is 43.4 Å². The van der Waals surface area contributed by atoms with Crippen LogP contribution >= 0.6 is 0 Å². The summed E-state index contributed by atoms with van der Waals surface area (Å²) >= 11 is 0. The fourth-order valence-corrected chi connectivity index (χ4v) is 2.22. The number of aromatic nitrogens is 3. The van der Waals surface area contributed by atoms with E-state index in [-0.39, 0.29) is 6.61 Å². The van der Waals surface area contributed by atoms with Gasteiger partial charge in [0.2, 0.25) is 11.7 Å². The van der Waals surface area contributed by atoms with E-state index >= 15 is 0 Å². The van der Waals surface area contributed by atoms with Crippen LogP contribution in [0, 0.1) is 6.92 Å². The topological polar surface area (TPSA) is 70.2 Å². The molecule has 0 saturated carbocycles. The molecule has 6 heteroatoms. The molecule has 0 saturated heterocycles. The SMILES string of the molecule is Cc1nc(COC(=O)c2ccc(-c3ccccc3)n2C)no1. The molecule has 0 radical (unpaired) electrons. The molecule has 1 aromatic carbocycles. The number of benzene rings is 1. The molecule has 3 aromatic rings. The molecule has 0 spiro atoms. The molecule has 0 fully saturated rings. The first kappa shape index (κ1) is 14.1. The quantitative estimate of drug-likeness (QED) is 0.692. The highest BCUT2D eigenvalue weighted by Crippen LogP contribution is 2.21. The van der Waals surface area contributed by atoms with Crippen LogP contribution in [0.25, 0.3) is 11.3 Å². The van der Waals surface area contributed by atoms with Crippen LogP contribution in [-0.4, -0.2) is 20.7 Å². The number of aryl methyl sites for hydroxylation is 1. The number of hydrogen-bond donors (Lipinski definition) is 0. The Bertz CT molecular complexity index is 790. The molecule has 0 aliphatic rings. The normalized spacial score (nSPS) is 10.6. The summed E-state index contributed by atoms with van der Waals surface area (Å²) in [5.41, 5.74) is 2.46. The van der Waals surface area contributed by atoms with Crippen LogP contribution in [0.3, 0.4) is 0 Å². The van der Waals surface area contributed by atoms with Gasteiger partial charge in [-0.25, -0.2) is 4.79 Å². The fraction of sp³-hybridized carbons (Fsp3) is 0.188. The van der Waals surface area contributed by atoms with E-state index in [4.69, 9.17) is 9.26 Å². The van der Waals surface area contributed by atoms with E-state index in [0.29, 0.717) is 17.4 Å². The summed E-state index contributed by atoms with van der Waals surface area (Å²) < 4.78 is 11.8. The molecule has 0 aliphatic heterocycles. The van der Waals surface area contributed by atoms with Gasteiger partial charge in [-0.05, 0) is 17.7 Å². The first-order valence-corrected chi connectivity index (χ1v) is 6.82. The third kappa shape index (κ3) is 2.76. The second-order valence-electron chi connectivity index (χ2n) is 4.83. The van der Waals surface area contributed by atoms with Crippen LogP contribution in [0.15, 0.2) is 47.0 Å². The van der Waals surface area contributed by atoms with Crippen molar-refractivity contribution in [3.05, 3.63) is 59.9 Å². The third-order valence-corrected chi connectivity index (χ3v) is 3.30. The molecule has 22 heavy (non-hydrogen) atoms. The molecule has 0 N–H and O–H groups in total. The van der Waals surface area contributed by atoms with Gasteiger partial charge in [-0.3, -0.25) is 0 Å². The Balaban J connectivity index is 1.75. The monoisotopic (exact) mass is 297 g/mol. The predicted octanol–water partition coefficient (Wildman–Crippen LogP) is 2.74. The van der Waals surface area contributed by atoms with Gasteiger partial charge < -0.3 is 13.8 Å². The van der Waals surface area contributed by atoms with Gasteiger partial charge in [0.1, 0.15) is 5.69 Å². The van der Waals surface area contributed by atoms with Crippen LogP contribution in [0.2, 0.25) is 0 Å². The summed E-state index contributed by atoms with van der Waals surface area (Å²) in [4.78, 5) is 16.2. The molecule has 2 heterocycles. The van der Waals surface area contributed by atoms with Gasteiger partial charge in [0.15, 0.2) is 6.61 Å². The van der Waals surface area contributed by atoms with E-state index in [0.717, 1.165) is 11.3 Å². The molecule has 6 nitrogen and oxygen atoms in total. The van der Waals surface area contributed by atoms with E-state index in [1.165, 1.54) is 0 Å². The summed E-state index contributed by atoms with van der Waals surface area (Å²) in [6.07, 6.45) is 0. The van der Waals surface area contributed by atoms with Crippen molar-refractivity contribution in [2.45, 2.75) is 13.5 Å². The lowest BCUT2D eigenvalue weighted by Crippen LogP contribution is -2.11. The Morgan fingerprint density at radius 1 is 1.23 bits per heavy atom. The minimum atomic E-state index is -0.424. The zero-order valence-electron chi connectivity index (χ0n) is 12.3. The van der Waals surface area contributed by atoms with Gasteiger partial charge in [0.25, 0.3) is 0 Å². The van der Waals surface area contributed by atoms with Crippen molar-refractivity contribution in [3.8, 4) is 11.3 Å². The summed E-state index contributed by atoms with van der Waals surface area (Å²) in [7, 11) is 1.83. The van der Waals surface area contributed by atoms with Crippen molar-refractivity contribution in [3.63, 3.8) is 0 Å². The van der Waals surface area contributed by atoms with Crippen LogP contribution < -0.4 is 0 Å². The zero-order chi connectivity index (χ0) is 15.5. The Labute approximate surface area is 127 Å². The van der Waals surface area contributed by atoms with Crippen LogP contribution in [0.1, 0.15) is 22.2 Å². The average molecular weight is 297 g/mol. The summed E-state index contributed by atoms with van der Waals surface area (Å²) in [6.45, 7) is 1.67. The van der Waals surface area contributed by atoms with Gasteiger partial charge in [-0.2, -0.15) is 4.98 Å². The lowest BCUT2D eigenvalue weighted by Gasteiger charge is -2.07. The van der Waals surface area contributed by atoms with Gasteiger partial charge in [0, 0.05) is 19.7 Å². The number of nitrogens with zero attached hydrogens (tertiary/aromatic N) is 3. The molecule has 0 atom stereocenters. The van der Waals surface area contributed by atoms with E-state index in [9.17, 15) is 4.79 Å². The van der Waals surface area contributed by atoms with Crippen molar-refractivity contribution in [2.24, 2.45) is 7.05 Å². The lowest BCUT2D eigenvalue weighted by atomic mass is 10.2. The van der Waals surface area contributed by atoms with Crippen molar-refractivity contribution in [2.75, 3.05) is 0 Å². The highest BCUT2D eigenvalue weighted by Gasteiger charge is 2.16. The molecule has 0 amide bonds. The van der Waals surface area contributed by atoms with Crippen LogP contribution in [0.4, 0.5) is 0 Å². The first-order valence-electron chi connectivity index (χ1n) is 6.82. The Morgan fingerprint density at radius 2 is 2.00 bits per heavy atom. The first-order chi connectivity index (χ1) is 10.6. The van der Waals surface area contributed by atoms with Crippen molar-refractivity contribution < 1.29 is 14.1 Å². The molecule has 3 rings (SSSR count). The van der Waals surface area contributed by atoms with Gasteiger partial charge in [0.05, 0.1) is 0 Å². The largest absolute Gasteiger partial charge is 0.453 e. The maximum atomic E-state index is 12.2. The van der Waals surface area contributed by atoms with Crippen molar-refractivity contribution >= 4 is 5.97 Å². The Kier molecular flexibility index (Phi) is 3.74. The lowest BCUT2D eigenvalue weighted by molar-refractivity contribution is 0.0448. The molecule has 2 aromatic heterocycles. The summed E-state index contributed by atoms with van der Waals surface area (Å²) in [5.74, 6) is 0.367. The molecular formula is C16H15N3O3. The minimum Gasteiger partial charge on any atom is -0.453 e. The maximum Gasteiger partial charge on any atom is 0.355 e. The third-order valence-electron chi connectivity index (χ3n) is 3.30. The summed E-state index contributed by atoms with van der Waals surface area (Å²) in [5, 5.41) is 3.69. The van der Waals surface area contributed by atoms with Crippen LogP contribution in [0.5, 0.6) is 0 Å². The molecule has 0 bridgehead atoms. The number of carbonyl (C=O) groups is 1. The van der Waals surface area contributed by atoms with Crippen molar-refractivity contribution in [1.82, 2.24) is 14.7 Å². The molecular weight excluding hydrogens is 282 g/mol. The van der Waals surface area contributed by atoms with E-state index in [2.05, 4.69) is 10.1 Å². The van der Waals surface area contributed by atoms with Gasteiger partial charge in [-0.15, -0.1) is 0 Å². The maximum absolute atomic E-state index is 12.2. The Morgan fingerprint density at radius 3 is 2.68 bits per heavy atom. The number of esters is 1. The Hall–Kier alpha value is -2.89. The highest BCUT2D eigenvalue weighted by atomic mass is 16.5. The second-order valence-corrected chi connectivity index (χ2v) is 4.83. The minimum absolute atomic E-state index is 0.0119. The van der Waals surface area contributed by atoms with Gasteiger partial charge >= 0.3 is 5.97 Å². The van der Waals surface area contributed by atoms with Crippen molar-refractivity contribution in [1.29, 1.82) is 0 Å². The van der Waals surface area contributed by atoms with Gasteiger partial charge in [-0.1, -0.05) is 35.5 Å². The van der Waals surface area contributed by atoms with E-state index < -0.39 is 5.97 Å². The fourth-order valence-electron chi connectivity index (χ4n) is 2.22. The molecule has 0 unspecified atom stereocenters. The standard InChI is InChI=1S/C16H15N3O3/c1-11-17-15(18-22-11)10-21-16(20)14-9-8-13(19(14)2)12-6-4-3-5-7-12/h3-9H,10H2,1-2H3. The second kappa shape index (κ2) is 5.85.